The third kappa shape index (κ3) is 3.73. The zero-order chi connectivity index (χ0) is 14.5. The quantitative estimate of drug-likeness (QED) is 0.639. The van der Waals surface area contributed by atoms with Gasteiger partial charge < -0.3 is 10.6 Å². The van der Waals surface area contributed by atoms with E-state index in [1.54, 1.807) is 0 Å². The highest BCUT2D eigenvalue weighted by atomic mass is 15.3. The van der Waals surface area contributed by atoms with Gasteiger partial charge in [0, 0.05) is 44.3 Å². The fourth-order valence-electron chi connectivity index (χ4n) is 2.96. The molecule has 1 saturated heterocycles. The number of nitrogens with one attached hydrogen (secondary N) is 1. The van der Waals surface area contributed by atoms with Crippen LogP contribution in [0.3, 0.4) is 0 Å². The number of aryl methyl sites for hydroxylation is 1. The number of anilines is 1. The first-order chi connectivity index (χ1) is 9.60. The Labute approximate surface area is 122 Å². The van der Waals surface area contributed by atoms with E-state index in [4.69, 9.17) is 11.1 Å². The molecule has 20 heavy (non-hydrogen) atoms. The second-order valence-electron chi connectivity index (χ2n) is 5.65. The van der Waals surface area contributed by atoms with Crippen molar-refractivity contribution in [1.82, 2.24) is 4.90 Å². The average molecular weight is 274 g/mol. The first kappa shape index (κ1) is 14.9. The summed E-state index contributed by atoms with van der Waals surface area (Å²) in [6.45, 7) is 8.54. The minimum atomic E-state index is 0.304. The van der Waals surface area contributed by atoms with Crippen LogP contribution in [-0.2, 0) is 0 Å². The molecule has 4 heteroatoms. The minimum absolute atomic E-state index is 0.304. The Morgan fingerprint density at radius 1 is 1.30 bits per heavy atom. The maximum atomic E-state index is 7.49. The maximum absolute atomic E-state index is 7.49. The molecule has 0 radical (unpaired) electrons. The zero-order valence-corrected chi connectivity index (χ0v) is 12.6. The van der Waals surface area contributed by atoms with Crippen molar-refractivity contribution in [3.63, 3.8) is 0 Å². The molecule has 1 aromatic carbocycles. The van der Waals surface area contributed by atoms with Crippen molar-refractivity contribution in [2.75, 3.05) is 31.1 Å². The van der Waals surface area contributed by atoms with E-state index in [2.05, 4.69) is 47.9 Å². The molecular weight excluding hydrogens is 248 g/mol. The van der Waals surface area contributed by atoms with Crippen LogP contribution in [-0.4, -0.2) is 43.0 Å². The van der Waals surface area contributed by atoms with Gasteiger partial charge in [-0.2, -0.15) is 0 Å². The lowest BCUT2D eigenvalue weighted by molar-refractivity contribution is 0.184. The van der Waals surface area contributed by atoms with E-state index in [0.29, 0.717) is 18.3 Å². The lowest BCUT2D eigenvalue weighted by Gasteiger charge is -2.40. The first-order valence-corrected chi connectivity index (χ1v) is 7.48. The van der Waals surface area contributed by atoms with Gasteiger partial charge in [-0.05, 0) is 31.0 Å². The van der Waals surface area contributed by atoms with E-state index in [-0.39, 0.29) is 0 Å². The summed E-state index contributed by atoms with van der Waals surface area (Å²) in [5.41, 5.74) is 8.19. The minimum Gasteiger partial charge on any atom is -0.388 e. The fraction of sp³-hybridized carbons (Fsp3) is 0.562. The molecular formula is C16H26N4. The van der Waals surface area contributed by atoms with Crippen LogP contribution in [0.2, 0.25) is 0 Å². The van der Waals surface area contributed by atoms with Gasteiger partial charge in [-0.3, -0.25) is 10.3 Å². The predicted octanol–water partition coefficient (Wildman–Crippen LogP) is 2.22. The van der Waals surface area contributed by atoms with Gasteiger partial charge in [0.05, 0.1) is 5.84 Å². The standard InChI is InChI=1S/C16H26N4/c1-3-14(12-16(17)18)19-7-9-20(10-8-19)15-6-4-5-13(2)11-15/h4-6,11,14H,3,7-10,12H2,1-2H3,(H3,17,18). The van der Waals surface area contributed by atoms with Gasteiger partial charge in [0.1, 0.15) is 0 Å². The van der Waals surface area contributed by atoms with Crippen molar-refractivity contribution >= 4 is 11.5 Å². The molecule has 1 unspecified atom stereocenters. The monoisotopic (exact) mass is 274 g/mol. The van der Waals surface area contributed by atoms with Crippen molar-refractivity contribution in [2.45, 2.75) is 32.7 Å². The van der Waals surface area contributed by atoms with E-state index in [0.717, 1.165) is 32.6 Å². The van der Waals surface area contributed by atoms with Gasteiger partial charge in [0.15, 0.2) is 0 Å². The van der Waals surface area contributed by atoms with Gasteiger partial charge in [0.2, 0.25) is 0 Å². The summed E-state index contributed by atoms with van der Waals surface area (Å²) in [6.07, 6.45) is 1.75. The smallest absolute Gasteiger partial charge is 0.0921 e. The third-order valence-corrected chi connectivity index (χ3v) is 4.12. The highest BCUT2D eigenvalue weighted by Gasteiger charge is 2.23. The summed E-state index contributed by atoms with van der Waals surface area (Å²) < 4.78 is 0. The Morgan fingerprint density at radius 3 is 2.55 bits per heavy atom. The summed E-state index contributed by atoms with van der Waals surface area (Å²) in [5.74, 6) is 0.304. The van der Waals surface area contributed by atoms with Crippen LogP contribution in [0.5, 0.6) is 0 Å². The molecule has 1 aromatic rings. The van der Waals surface area contributed by atoms with Crippen LogP contribution < -0.4 is 10.6 Å². The van der Waals surface area contributed by atoms with Crippen LogP contribution >= 0.6 is 0 Å². The van der Waals surface area contributed by atoms with Gasteiger partial charge in [-0.1, -0.05) is 19.1 Å². The Hall–Kier alpha value is -1.55. The second kappa shape index (κ2) is 6.75. The Balaban J connectivity index is 1.93. The van der Waals surface area contributed by atoms with Crippen LogP contribution in [0.25, 0.3) is 0 Å². The Morgan fingerprint density at radius 2 is 2.00 bits per heavy atom. The Bertz CT molecular complexity index is 450. The summed E-state index contributed by atoms with van der Waals surface area (Å²) in [6, 6.07) is 9.13. The normalized spacial score (nSPS) is 18.0. The van der Waals surface area contributed by atoms with Gasteiger partial charge in [-0.15, -0.1) is 0 Å². The van der Waals surface area contributed by atoms with Crippen LogP contribution in [0.4, 0.5) is 5.69 Å². The fourth-order valence-corrected chi connectivity index (χ4v) is 2.96. The summed E-state index contributed by atoms with van der Waals surface area (Å²) in [7, 11) is 0. The molecule has 110 valence electrons. The number of hydrogen-bond acceptors (Lipinski definition) is 3. The highest BCUT2D eigenvalue weighted by Crippen LogP contribution is 2.19. The Kier molecular flexibility index (Phi) is 5.01. The maximum Gasteiger partial charge on any atom is 0.0921 e. The number of rotatable bonds is 5. The van der Waals surface area contributed by atoms with E-state index >= 15 is 0 Å². The van der Waals surface area contributed by atoms with Crippen LogP contribution in [0.15, 0.2) is 24.3 Å². The zero-order valence-electron chi connectivity index (χ0n) is 12.6. The van der Waals surface area contributed by atoms with E-state index in [1.807, 2.05) is 0 Å². The third-order valence-electron chi connectivity index (χ3n) is 4.12. The number of nitrogens with two attached hydrogens (primary N) is 1. The average Bonchev–Trinajstić information content (AvgIpc) is 2.45. The molecule has 0 amide bonds. The van der Waals surface area contributed by atoms with Gasteiger partial charge in [0.25, 0.3) is 0 Å². The lowest BCUT2D eigenvalue weighted by Crippen LogP contribution is -2.51. The predicted molar refractivity (Wildman–Crippen MR) is 85.6 cm³/mol. The summed E-state index contributed by atoms with van der Waals surface area (Å²) >= 11 is 0. The number of benzene rings is 1. The molecule has 1 heterocycles. The van der Waals surface area contributed by atoms with Gasteiger partial charge >= 0.3 is 0 Å². The lowest BCUT2D eigenvalue weighted by atomic mass is 10.1. The molecule has 3 N–H and O–H groups in total. The molecule has 2 rings (SSSR count). The molecule has 0 aromatic heterocycles. The molecule has 1 aliphatic rings. The molecule has 0 bridgehead atoms. The second-order valence-corrected chi connectivity index (χ2v) is 5.65. The summed E-state index contributed by atoms with van der Waals surface area (Å²) in [4.78, 5) is 4.93. The molecule has 4 nitrogen and oxygen atoms in total. The van der Waals surface area contributed by atoms with Crippen molar-refractivity contribution in [2.24, 2.45) is 5.73 Å². The first-order valence-electron chi connectivity index (χ1n) is 7.48. The molecule has 1 aliphatic heterocycles. The topological polar surface area (TPSA) is 56.4 Å². The summed E-state index contributed by atoms with van der Waals surface area (Å²) in [5, 5.41) is 7.49. The van der Waals surface area contributed by atoms with Crippen LogP contribution in [0.1, 0.15) is 25.3 Å². The molecule has 1 fully saturated rings. The number of nitrogens with zero attached hydrogens (tertiary/aromatic N) is 2. The van der Waals surface area contributed by atoms with Gasteiger partial charge in [-0.25, -0.2) is 0 Å². The van der Waals surface area contributed by atoms with Crippen molar-refractivity contribution in [1.29, 1.82) is 5.41 Å². The molecule has 0 spiro atoms. The SMILES string of the molecule is CCC(CC(=N)N)N1CCN(c2cccc(C)c2)CC1. The molecule has 1 atom stereocenters. The van der Waals surface area contributed by atoms with Crippen molar-refractivity contribution < 1.29 is 0 Å². The van der Waals surface area contributed by atoms with E-state index < -0.39 is 0 Å². The largest absolute Gasteiger partial charge is 0.388 e. The number of hydrogen-bond donors (Lipinski definition) is 2. The molecule has 0 saturated carbocycles. The van der Waals surface area contributed by atoms with Crippen molar-refractivity contribution in [3.8, 4) is 0 Å². The van der Waals surface area contributed by atoms with E-state index in [9.17, 15) is 0 Å². The van der Waals surface area contributed by atoms with Crippen molar-refractivity contribution in [3.05, 3.63) is 29.8 Å². The van der Waals surface area contributed by atoms with Crippen LogP contribution in [0, 0.1) is 12.3 Å². The molecule has 0 aliphatic carbocycles. The number of amidine groups is 1. The van der Waals surface area contributed by atoms with E-state index in [1.165, 1.54) is 11.3 Å². The highest BCUT2D eigenvalue weighted by molar-refractivity contribution is 5.77. The number of piperazine rings is 1.